The van der Waals surface area contributed by atoms with Crippen molar-refractivity contribution >= 4 is 27.8 Å². The fraction of sp³-hybridized carbons (Fsp3) is 0.310. The number of nitrogens with one attached hydrogen (secondary N) is 1. The van der Waals surface area contributed by atoms with Gasteiger partial charge in [0, 0.05) is 44.5 Å². The molecule has 2 aromatic carbocycles. The van der Waals surface area contributed by atoms with Crippen molar-refractivity contribution in [1.29, 1.82) is 0 Å². The minimum Gasteiger partial charge on any atom is -0.367 e. The fourth-order valence-corrected chi connectivity index (χ4v) is 4.89. The van der Waals surface area contributed by atoms with Gasteiger partial charge in [0.2, 0.25) is 0 Å². The standard InChI is InChI=1S/C29H31N7/c1-29(2,3)21-9-7-20(8-10-21)28-33-24-5-4-6-26(27(24)34-28)36-15-13-35(14-16-36)19-22-17-31-23-11-12-30-18-25(23)32-22/h4-12,17-18H,13-16,19H2,1-3H3,(H,33,34). The van der Waals surface area contributed by atoms with Gasteiger partial charge in [0.05, 0.1) is 34.8 Å². The quantitative estimate of drug-likeness (QED) is 0.384. The van der Waals surface area contributed by atoms with Crippen molar-refractivity contribution < 1.29 is 0 Å². The molecular weight excluding hydrogens is 446 g/mol. The Morgan fingerprint density at radius 1 is 0.861 bits per heavy atom. The van der Waals surface area contributed by atoms with Crippen molar-refractivity contribution in [2.75, 3.05) is 31.1 Å². The normalized spacial score (nSPS) is 15.1. The first-order valence-electron chi connectivity index (χ1n) is 12.6. The number of nitrogens with zero attached hydrogens (tertiary/aromatic N) is 6. The van der Waals surface area contributed by atoms with Crippen LogP contribution in [-0.2, 0) is 12.0 Å². The van der Waals surface area contributed by atoms with Gasteiger partial charge in [-0.15, -0.1) is 0 Å². The monoisotopic (exact) mass is 477 g/mol. The zero-order valence-corrected chi connectivity index (χ0v) is 21.1. The molecule has 182 valence electrons. The highest BCUT2D eigenvalue weighted by Crippen LogP contribution is 2.30. The Balaban J connectivity index is 1.17. The average molecular weight is 478 g/mol. The van der Waals surface area contributed by atoms with Crippen LogP contribution in [0.25, 0.3) is 33.5 Å². The van der Waals surface area contributed by atoms with Crippen molar-refractivity contribution in [3.8, 4) is 11.4 Å². The van der Waals surface area contributed by atoms with Gasteiger partial charge in [0.25, 0.3) is 0 Å². The lowest BCUT2D eigenvalue weighted by molar-refractivity contribution is 0.247. The fourth-order valence-electron chi connectivity index (χ4n) is 4.89. The van der Waals surface area contributed by atoms with Gasteiger partial charge in [-0.25, -0.2) is 9.97 Å². The molecule has 0 bridgehead atoms. The number of fused-ring (bicyclic) bond motifs is 2. The van der Waals surface area contributed by atoms with Crippen molar-refractivity contribution in [3.05, 3.63) is 78.4 Å². The molecule has 0 aliphatic carbocycles. The molecule has 4 heterocycles. The van der Waals surface area contributed by atoms with Gasteiger partial charge in [-0.3, -0.25) is 14.9 Å². The third-order valence-corrected chi connectivity index (χ3v) is 7.01. The SMILES string of the molecule is CC(C)(C)c1ccc(-c2nc3c(N4CCN(Cc5cnc6ccncc6n5)CC4)cccc3[nH]2)cc1. The van der Waals surface area contributed by atoms with E-state index >= 15 is 0 Å². The molecule has 0 unspecified atom stereocenters. The van der Waals surface area contributed by atoms with E-state index in [2.05, 4.69) is 88.0 Å². The smallest absolute Gasteiger partial charge is 0.138 e. The van der Waals surface area contributed by atoms with Crippen molar-refractivity contribution in [2.24, 2.45) is 0 Å². The minimum atomic E-state index is 0.139. The minimum absolute atomic E-state index is 0.139. The maximum Gasteiger partial charge on any atom is 0.138 e. The summed E-state index contributed by atoms with van der Waals surface area (Å²) in [5, 5.41) is 0. The second-order valence-electron chi connectivity index (χ2n) is 10.6. The Morgan fingerprint density at radius 2 is 1.67 bits per heavy atom. The number of piperazine rings is 1. The highest BCUT2D eigenvalue weighted by Gasteiger charge is 2.21. The summed E-state index contributed by atoms with van der Waals surface area (Å²) in [6, 6.07) is 17.1. The van der Waals surface area contributed by atoms with E-state index < -0.39 is 0 Å². The number of hydrogen-bond donors (Lipinski definition) is 1. The molecule has 1 aliphatic rings. The summed E-state index contributed by atoms with van der Waals surface area (Å²) >= 11 is 0. The zero-order chi connectivity index (χ0) is 24.7. The molecule has 6 rings (SSSR count). The summed E-state index contributed by atoms with van der Waals surface area (Å²) < 4.78 is 0. The van der Waals surface area contributed by atoms with Gasteiger partial charge in [-0.05, 0) is 29.2 Å². The lowest BCUT2D eigenvalue weighted by Gasteiger charge is -2.36. The molecule has 0 spiro atoms. The number of anilines is 1. The highest BCUT2D eigenvalue weighted by molar-refractivity contribution is 5.91. The van der Waals surface area contributed by atoms with Crippen molar-refractivity contribution in [2.45, 2.75) is 32.7 Å². The van der Waals surface area contributed by atoms with Crippen LogP contribution in [0.5, 0.6) is 0 Å². The predicted molar refractivity (Wildman–Crippen MR) is 145 cm³/mol. The number of rotatable bonds is 4. The van der Waals surface area contributed by atoms with Gasteiger partial charge >= 0.3 is 0 Å². The van der Waals surface area contributed by atoms with Crippen LogP contribution in [0.1, 0.15) is 32.0 Å². The second kappa shape index (κ2) is 8.99. The molecule has 36 heavy (non-hydrogen) atoms. The Labute approximate surface area is 211 Å². The van der Waals surface area contributed by atoms with E-state index in [9.17, 15) is 0 Å². The Kier molecular flexibility index (Phi) is 5.64. The Bertz CT molecular complexity index is 1510. The topological polar surface area (TPSA) is 73.8 Å². The summed E-state index contributed by atoms with van der Waals surface area (Å²) in [6.45, 7) is 11.3. The highest BCUT2D eigenvalue weighted by atomic mass is 15.3. The number of imidazole rings is 1. The zero-order valence-electron chi connectivity index (χ0n) is 21.1. The third kappa shape index (κ3) is 4.42. The Morgan fingerprint density at radius 3 is 2.44 bits per heavy atom. The van der Waals surface area contributed by atoms with E-state index in [4.69, 9.17) is 9.97 Å². The van der Waals surface area contributed by atoms with Gasteiger partial charge in [-0.2, -0.15) is 0 Å². The number of aromatic nitrogens is 5. The van der Waals surface area contributed by atoms with Gasteiger partial charge in [-0.1, -0.05) is 51.1 Å². The van der Waals surface area contributed by atoms with Crippen LogP contribution < -0.4 is 4.90 Å². The molecule has 3 aromatic heterocycles. The summed E-state index contributed by atoms with van der Waals surface area (Å²) in [4.78, 5) is 26.9. The van der Waals surface area contributed by atoms with Gasteiger partial charge in [0.1, 0.15) is 16.9 Å². The molecule has 0 saturated carbocycles. The largest absolute Gasteiger partial charge is 0.367 e. The lowest BCUT2D eigenvalue weighted by atomic mass is 9.87. The second-order valence-corrected chi connectivity index (χ2v) is 10.6. The number of benzene rings is 2. The Hall–Kier alpha value is -3.84. The third-order valence-electron chi connectivity index (χ3n) is 7.01. The molecule has 7 nitrogen and oxygen atoms in total. The summed E-state index contributed by atoms with van der Waals surface area (Å²) in [5.41, 5.74) is 8.60. The molecule has 1 fully saturated rings. The number of H-pyrrole nitrogens is 1. The van der Waals surface area contributed by atoms with Crippen LogP contribution in [0.4, 0.5) is 5.69 Å². The number of hydrogen-bond acceptors (Lipinski definition) is 6. The number of pyridine rings is 1. The molecule has 7 heteroatoms. The molecule has 0 radical (unpaired) electrons. The molecule has 1 aliphatic heterocycles. The van der Waals surface area contributed by atoms with E-state index in [-0.39, 0.29) is 5.41 Å². The average Bonchev–Trinajstić information content (AvgIpc) is 3.33. The van der Waals surface area contributed by atoms with Gasteiger partial charge in [0.15, 0.2) is 0 Å². The summed E-state index contributed by atoms with van der Waals surface area (Å²) in [5.74, 6) is 0.918. The maximum absolute atomic E-state index is 5.03. The van der Waals surface area contributed by atoms with Crippen LogP contribution >= 0.6 is 0 Å². The molecule has 0 amide bonds. The first-order valence-corrected chi connectivity index (χ1v) is 12.6. The van der Waals surface area contributed by atoms with E-state index in [1.165, 1.54) is 11.3 Å². The number of para-hydroxylation sites is 1. The van der Waals surface area contributed by atoms with Crippen molar-refractivity contribution in [3.63, 3.8) is 0 Å². The maximum atomic E-state index is 5.03. The van der Waals surface area contributed by atoms with E-state index in [0.717, 1.165) is 71.9 Å². The molecule has 1 N–H and O–H groups in total. The summed E-state index contributed by atoms with van der Waals surface area (Å²) in [6.07, 6.45) is 5.41. The summed E-state index contributed by atoms with van der Waals surface area (Å²) in [7, 11) is 0. The van der Waals surface area contributed by atoms with Crippen LogP contribution in [0, 0.1) is 0 Å². The number of aromatic amines is 1. The van der Waals surface area contributed by atoms with E-state index in [1.54, 1.807) is 12.4 Å². The van der Waals surface area contributed by atoms with Crippen LogP contribution in [-0.4, -0.2) is 56.0 Å². The molecular formula is C29H31N7. The van der Waals surface area contributed by atoms with Crippen LogP contribution in [0.15, 0.2) is 67.1 Å². The van der Waals surface area contributed by atoms with Crippen LogP contribution in [0.3, 0.4) is 0 Å². The first-order chi connectivity index (χ1) is 17.4. The lowest BCUT2D eigenvalue weighted by Crippen LogP contribution is -2.46. The van der Waals surface area contributed by atoms with E-state index in [1.807, 2.05) is 12.3 Å². The van der Waals surface area contributed by atoms with Gasteiger partial charge < -0.3 is 9.88 Å². The van der Waals surface area contributed by atoms with E-state index in [0.29, 0.717) is 0 Å². The molecule has 0 atom stereocenters. The van der Waals surface area contributed by atoms with Crippen LogP contribution in [0.2, 0.25) is 0 Å². The predicted octanol–water partition coefficient (Wildman–Crippen LogP) is 5.19. The van der Waals surface area contributed by atoms with Crippen molar-refractivity contribution in [1.82, 2.24) is 29.8 Å². The molecule has 1 saturated heterocycles. The molecule has 5 aromatic rings. The first kappa shape index (κ1) is 22.6.